The van der Waals surface area contributed by atoms with Gasteiger partial charge in [-0.15, -0.1) is 0 Å². The number of ether oxygens (including phenoxy) is 1. The van der Waals surface area contributed by atoms with E-state index in [4.69, 9.17) is 16.2 Å². The molecule has 2 unspecified atom stereocenters. The summed E-state index contributed by atoms with van der Waals surface area (Å²) >= 11 is 0. The van der Waals surface area contributed by atoms with E-state index in [0.717, 1.165) is 4.90 Å². The van der Waals surface area contributed by atoms with Crippen LogP contribution in [0.1, 0.15) is 11.9 Å². The number of nitrogens with zero attached hydrogens (tertiary/aromatic N) is 3. The molecule has 2 atom stereocenters. The maximum Gasteiger partial charge on any atom is 0.401 e. The van der Waals surface area contributed by atoms with E-state index in [1.54, 1.807) is 29.2 Å². The van der Waals surface area contributed by atoms with Crippen LogP contribution >= 0.6 is 0 Å². The van der Waals surface area contributed by atoms with Crippen LogP contribution in [0.15, 0.2) is 36.4 Å². The van der Waals surface area contributed by atoms with E-state index in [1.165, 1.54) is 19.2 Å². The van der Waals surface area contributed by atoms with Crippen molar-refractivity contribution in [2.45, 2.75) is 18.6 Å². The van der Waals surface area contributed by atoms with Crippen LogP contribution < -0.4 is 16.4 Å². The fraction of sp³-hybridized carbons (Fsp3) is 0.389. The van der Waals surface area contributed by atoms with Gasteiger partial charge in [0.25, 0.3) is 0 Å². The molecule has 0 bridgehead atoms. The molecule has 4 N–H and O–H groups in total. The minimum atomic E-state index is -4.48. The normalized spacial score (nSPS) is 20.3. The van der Waals surface area contributed by atoms with Gasteiger partial charge in [0.15, 0.2) is 0 Å². The molecule has 2 aromatic rings. The molecule has 1 aromatic carbocycles. The predicted octanol–water partition coefficient (Wildman–Crippen LogP) is 2.42. The molecule has 152 valence electrons. The lowest BCUT2D eigenvalue weighted by Crippen LogP contribution is -2.63. The van der Waals surface area contributed by atoms with Crippen LogP contribution in [-0.2, 0) is 4.74 Å². The second-order valence-corrected chi connectivity index (χ2v) is 6.44. The van der Waals surface area contributed by atoms with Gasteiger partial charge in [-0.3, -0.25) is 5.73 Å². The molecule has 0 saturated heterocycles. The molecule has 0 radical (unpaired) electrons. The van der Waals surface area contributed by atoms with Gasteiger partial charge in [0.1, 0.15) is 18.3 Å². The van der Waals surface area contributed by atoms with Crippen LogP contribution in [0.5, 0.6) is 0 Å². The Morgan fingerprint density at radius 1 is 1.11 bits per heavy atom. The highest BCUT2D eigenvalue weighted by Gasteiger charge is 2.42. The van der Waals surface area contributed by atoms with Gasteiger partial charge in [-0.1, -0.05) is 0 Å². The number of alkyl halides is 3. The Hall–Kier alpha value is -2.27. The second kappa shape index (κ2) is 8.00. The highest BCUT2D eigenvalue weighted by molar-refractivity contribution is 5.65. The van der Waals surface area contributed by atoms with Gasteiger partial charge in [-0.25, -0.2) is 14.3 Å². The van der Waals surface area contributed by atoms with Crippen molar-refractivity contribution in [1.29, 1.82) is 0 Å². The summed E-state index contributed by atoms with van der Waals surface area (Å²) in [6.07, 6.45) is -6.71. The van der Waals surface area contributed by atoms with Crippen molar-refractivity contribution in [2.75, 3.05) is 31.7 Å². The first-order chi connectivity index (χ1) is 13.2. The number of rotatable bonds is 5. The van der Waals surface area contributed by atoms with Crippen molar-refractivity contribution in [3.63, 3.8) is 0 Å². The summed E-state index contributed by atoms with van der Waals surface area (Å²) in [7, 11) is 1.49. The number of fused-ring (bicyclic) bond motifs is 1. The fourth-order valence-electron chi connectivity index (χ4n) is 3.19. The zero-order chi connectivity index (χ0) is 20.5. The molecule has 1 aliphatic rings. The number of nitrogens with two attached hydrogens (primary N) is 2. The molecule has 10 heteroatoms. The van der Waals surface area contributed by atoms with Crippen LogP contribution in [0.2, 0.25) is 0 Å². The molecule has 0 amide bonds. The zero-order valence-electron chi connectivity index (χ0n) is 15.2. The number of halogens is 4. The van der Waals surface area contributed by atoms with Crippen LogP contribution in [0.3, 0.4) is 0 Å². The van der Waals surface area contributed by atoms with Crippen LogP contribution in [-0.4, -0.2) is 49.2 Å². The number of aromatic nitrogens is 1. The highest BCUT2D eigenvalue weighted by Crippen LogP contribution is 2.36. The lowest BCUT2D eigenvalue weighted by Gasteiger charge is -2.46. The van der Waals surface area contributed by atoms with Crippen molar-refractivity contribution in [2.24, 2.45) is 11.5 Å². The molecule has 28 heavy (non-hydrogen) atoms. The quantitative estimate of drug-likeness (QED) is 0.752. The van der Waals surface area contributed by atoms with Gasteiger partial charge < -0.3 is 15.4 Å². The molecule has 0 aliphatic carbocycles. The lowest BCUT2D eigenvalue weighted by atomic mass is 10.1. The Kier molecular flexibility index (Phi) is 5.84. The first-order valence-corrected chi connectivity index (χ1v) is 8.57. The third-order valence-corrected chi connectivity index (χ3v) is 4.55. The average Bonchev–Trinajstić information content (AvgIpc) is 2.65. The Morgan fingerprint density at radius 3 is 2.39 bits per heavy atom. The van der Waals surface area contributed by atoms with Gasteiger partial charge in [0.2, 0.25) is 0 Å². The first kappa shape index (κ1) is 20.5. The van der Waals surface area contributed by atoms with E-state index in [0.29, 0.717) is 16.9 Å². The summed E-state index contributed by atoms with van der Waals surface area (Å²) in [5, 5.41) is 0. The molecule has 3 rings (SSSR count). The Bertz CT molecular complexity index is 815. The van der Waals surface area contributed by atoms with Crippen molar-refractivity contribution >= 4 is 5.69 Å². The summed E-state index contributed by atoms with van der Waals surface area (Å²) in [5.41, 5.74) is 14.1. The van der Waals surface area contributed by atoms with E-state index >= 15 is 0 Å². The minimum absolute atomic E-state index is 0.266. The average molecular weight is 399 g/mol. The van der Waals surface area contributed by atoms with E-state index in [2.05, 4.69) is 4.98 Å². The van der Waals surface area contributed by atoms with Crippen LogP contribution in [0.4, 0.5) is 23.2 Å². The molecule has 0 spiro atoms. The highest BCUT2D eigenvalue weighted by atomic mass is 19.4. The number of hydrogen-bond acceptors (Lipinski definition) is 6. The van der Waals surface area contributed by atoms with Crippen molar-refractivity contribution in [1.82, 2.24) is 9.88 Å². The van der Waals surface area contributed by atoms with Crippen molar-refractivity contribution in [3.05, 3.63) is 47.9 Å². The van der Waals surface area contributed by atoms with Gasteiger partial charge in [0.05, 0.1) is 30.2 Å². The summed E-state index contributed by atoms with van der Waals surface area (Å²) in [4.78, 5) is 7.00. The van der Waals surface area contributed by atoms with Crippen LogP contribution in [0, 0.1) is 5.82 Å². The first-order valence-electron chi connectivity index (χ1n) is 8.57. The smallest absolute Gasteiger partial charge is 0.383 e. The zero-order valence-corrected chi connectivity index (χ0v) is 15.2. The molecule has 1 aliphatic heterocycles. The van der Waals surface area contributed by atoms with E-state index in [1.807, 2.05) is 0 Å². The standard InChI is InChI=1S/C18H21F4N5O/c1-28-9-8-26-14-7-6-13(11-2-4-12(19)5-3-11)25-15(14)16(23)27(17(26)24)10-18(20,21)22/h2-7,16-17H,8-10,23-24H2,1H3. The SMILES string of the molecule is COCCN1c2ccc(-c3ccc(F)cc3)nc2C(N)N(CC(F)(F)F)C1N. The molecular formula is C18H21F4N5O. The van der Waals surface area contributed by atoms with Crippen molar-refractivity contribution < 1.29 is 22.3 Å². The Balaban J connectivity index is 2.03. The van der Waals surface area contributed by atoms with Crippen molar-refractivity contribution in [3.8, 4) is 11.3 Å². The maximum atomic E-state index is 13.2. The summed E-state index contributed by atoms with van der Waals surface area (Å²) in [6.45, 7) is -0.744. The van der Waals surface area contributed by atoms with E-state index in [9.17, 15) is 17.6 Å². The van der Waals surface area contributed by atoms with E-state index in [-0.39, 0.29) is 18.8 Å². The largest absolute Gasteiger partial charge is 0.401 e. The molecule has 2 heterocycles. The molecule has 0 fully saturated rings. The summed E-state index contributed by atoms with van der Waals surface area (Å²) in [6, 6.07) is 9.06. The lowest BCUT2D eigenvalue weighted by molar-refractivity contribution is -0.158. The van der Waals surface area contributed by atoms with Gasteiger partial charge in [-0.2, -0.15) is 13.2 Å². The van der Waals surface area contributed by atoms with Crippen LogP contribution in [0.25, 0.3) is 11.3 Å². The number of anilines is 1. The van der Waals surface area contributed by atoms with Gasteiger partial charge >= 0.3 is 6.18 Å². The summed E-state index contributed by atoms with van der Waals surface area (Å²) in [5.74, 6) is -0.397. The molecular weight excluding hydrogens is 378 g/mol. The molecule has 1 aromatic heterocycles. The third kappa shape index (κ3) is 4.25. The van der Waals surface area contributed by atoms with E-state index < -0.39 is 31.0 Å². The number of pyridine rings is 1. The molecule has 6 nitrogen and oxygen atoms in total. The predicted molar refractivity (Wildman–Crippen MR) is 96.5 cm³/mol. The number of benzene rings is 1. The maximum absolute atomic E-state index is 13.2. The molecule has 0 saturated carbocycles. The Morgan fingerprint density at radius 2 is 1.79 bits per heavy atom. The second-order valence-electron chi connectivity index (χ2n) is 6.44. The number of hydrogen-bond donors (Lipinski definition) is 2. The Labute approximate surface area is 159 Å². The topological polar surface area (TPSA) is 80.6 Å². The summed E-state index contributed by atoms with van der Waals surface area (Å²) < 4.78 is 57.4. The monoisotopic (exact) mass is 399 g/mol. The third-order valence-electron chi connectivity index (χ3n) is 4.55. The van der Waals surface area contributed by atoms with Gasteiger partial charge in [0, 0.05) is 19.2 Å². The number of methoxy groups -OCH3 is 1. The minimum Gasteiger partial charge on any atom is -0.383 e. The fourth-order valence-corrected chi connectivity index (χ4v) is 3.19. The van der Waals surface area contributed by atoms with Gasteiger partial charge in [-0.05, 0) is 36.4 Å².